The molecule has 5 fully saturated rings. The highest BCUT2D eigenvalue weighted by molar-refractivity contribution is 5.85. The van der Waals surface area contributed by atoms with Crippen molar-refractivity contribution in [2.75, 3.05) is 13.2 Å². The molecule has 0 bridgehead atoms. The highest BCUT2D eigenvalue weighted by Gasteiger charge is 2.70. The van der Waals surface area contributed by atoms with Gasteiger partial charge in [0.2, 0.25) is 0 Å². The molecule has 6 rings (SSSR count). The second-order valence-corrected chi connectivity index (χ2v) is 13.5. The zero-order valence-corrected chi connectivity index (χ0v) is 22.8. The zero-order chi connectivity index (χ0) is 27.9. The van der Waals surface area contributed by atoms with Crippen LogP contribution in [-0.2, 0) is 19.0 Å². The molecule has 2 heterocycles. The van der Waals surface area contributed by atoms with E-state index in [0.717, 1.165) is 37.7 Å². The van der Waals surface area contributed by atoms with E-state index in [1.54, 1.807) is 13.0 Å². The van der Waals surface area contributed by atoms with Crippen LogP contribution in [0, 0.1) is 34.5 Å². The molecule has 0 aromatic rings. The fourth-order valence-corrected chi connectivity index (χ4v) is 10.00. The fraction of sp³-hybridized carbons (Fsp3) is 0.897. The molecule has 0 aromatic carbocycles. The van der Waals surface area contributed by atoms with Crippen LogP contribution in [0.15, 0.2) is 11.6 Å². The number of esters is 1. The first kappa shape index (κ1) is 28.0. The van der Waals surface area contributed by atoms with Gasteiger partial charge in [-0.1, -0.05) is 6.92 Å². The Hall–Kier alpha value is -1.11. The predicted molar refractivity (Wildman–Crippen MR) is 136 cm³/mol. The molecule has 14 unspecified atom stereocenters. The van der Waals surface area contributed by atoms with Crippen molar-refractivity contribution in [3.05, 3.63) is 11.6 Å². The molecule has 6 aliphatic rings. The average molecular weight is 553 g/mol. The second-order valence-electron chi connectivity index (χ2n) is 13.5. The number of rotatable bonds is 4. The molecule has 220 valence electrons. The van der Waals surface area contributed by atoms with E-state index < -0.39 is 59.3 Å². The van der Waals surface area contributed by atoms with Crippen LogP contribution in [0.5, 0.6) is 0 Å². The molecule has 14 atom stereocenters. The minimum Gasteiger partial charge on any atom is -0.458 e. The van der Waals surface area contributed by atoms with Crippen LogP contribution in [0.4, 0.5) is 0 Å². The molecular weight excluding hydrogens is 508 g/mol. The molecule has 2 aliphatic heterocycles. The molecule has 0 spiro atoms. The summed E-state index contributed by atoms with van der Waals surface area (Å²) < 4.78 is 16.9. The Morgan fingerprint density at radius 2 is 1.77 bits per heavy atom. The van der Waals surface area contributed by atoms with E-state index in [1.807, 2.05) is 0 Å². The number of fused-ring (bicyclic) bond motifs is 5. The number of aliphatic hydroxyl groups is 6. The van der Waals surface area contributed by atoms with Crippen molar-refractivity contribution in [3.63, 3.8) is 0 Å². The lowest BCUT2D eigenvalue weighted by atomic mass is 9.42. The van der Waals surface area contributed by atoms with Crippen LogP contribution < -0.4 is 0 Å². The van der Waals surface area contributed by atoms with Gasteiger partial charge in [0, 0.05) is 23.3 Å². The fourth-order valence-electron chi connectivity index (χ4n) is 10.00. The summed E-state index contributed by atoms with van der Waals surface area (Å²) in [5.41, 5.74) is -1.16. The zero-order valence-electron chi connectivity index (χ0n) is 22.8. The highest BCUT2D eigenvalue weighted by Crippen LogP contribution is 2.70. The topological polar surface area (TPSA) is 166 Å². The van der Waals surface area contributed by atoms with Crippen LogP contribution in [-0.4, -0.2) is 98.3 Å². The summed E-state index contributed by atoms with van der Waals surface area (Å²) in [6.07, 6.45) is -0.376. The van der Waals surface area contributed by atoms with E-state index in [9.17, 15) is 35.4 Å². The molecule has 10 heteroatoms. The quantitative estimate of drug-likeness (QED) is 0.212. The summed E-state index contributed by atoms with van der Waals surface area (Å²) in [5, 5.41) is 65.6. The number of aliphatic hydroxyl groups excluding tert-OH is 5. The van der Waals surface area contributed by atoms with Crippen molar-refractivity contribution in [2.24, 2.45) is 34.5 Å². The first-order valence-corrected chi connectivity index (χ1v) is 14.7. The lowest BCUT2D eigenvalue weighted by Crippen LogP contribution is -2.67. The smallest absolute Gasteiger partial charge is 0.331 e. The van der Waals surface area contributed by atoms with Gasteiger partial charge in [0.1, 0.15) is 24.9 Å². The summed E-state index contributed by atoms with van der Waals surface area (Å²) in [5.74, 6) is -0.412. The van der Waals surface area contributed by atoms with Gasteiger partial charge in [-0.25, -0.2) is 4.79 Å². The number of cyclic esters (lactones) is 1. The molecule has 4 saturated carbocycles. The number of hydrogen-bond donors (Lipinski definition) is 6. The molecule has 39 heavy (non-hydrogen) atoms. The SMILES string of the molecule is CC1OC(OC2CC(O)C3(CO)C(CCC4C3CCC3(C)C(C5=CC(=O)OC5)CCC43O)C2)C(O)C(O)C1O. The monoisotopic (exact) mass is 552 g/mol. The minimum atomic E-state index is -1.41. The van der Waals surface area contributed by atoms with Crippen molar-refractivity contribution in [1.82, 2.24) is 0 Å². The predicted octanol–water partition coefficient (Wildman–Crippen LogP) is 0.399. The Kier molecular flexibility index (Phi) is 6.99. The largest absolute Gasteiger partial charge is 0.458 e. The molecule has 0 radical (unpaired) electrons. The van der Waals surface area contributed by atoms with Gasteiger partial charge in [-0.15, -0.1) is 0 Å². The molecule has 10 nitrogen and oxygen atoms in total. The third-order valence-corrected chi connectivity index (χ3v) is 12.1. The lowest BCUT2D eigenvalue weighted by Gasteiger charge is -2.65. The Morgan fingerprint density at radius 3 is 2.46 bits per heavy atom. The molecule has 1 saturated heterocycles. The summed E-state index contributed by atoms with van der Waals surface area (Å²) in [4.78, 5) is 11.8. The third-order valence-electron chi connectivity index (χ3n) is 12.1. The van der Waals surface area contributed by atoms with E-state index in [1.165, 1.54) is 0 Å². The summed E-state index contributed by atoms with van der Waals surface area (Å²) >= 11 is 0. The van der Waals surface area contributed by atoms with Crippen molar-refractivity contribution >= 4 is 5.97 Å². The lowest BCUT2D eigenvalue weighted by molar-refractivity contribution is -0.317. The Balaban J connectivity index is 1.22. The van der Waals surface area contributed by atoms with Gasteiger partial charge < -0.3 is 44.8 Å². The van der Waals surface area contributed by atoms with Gasteiger partial charge in [0.05, 0.1) is 30.5 Å². The van der Waals surface area contributed by atoms with E-state index >= 15 is 0 Å². The van der Waals surface area contributed by atoms with E-state index in [4.69, 9.17) is 14.2 Å². The van der Waals surface area contributed by atoms with E-state index in [0.29, 0.717) is 19.4 Å². The van der Waals surface area contributed by atoms with Crippen LogP contribution in [0.2, 0.25) is 0 Å². The summed E-state index contributed by atoms with van der Waals surface area (Å²) in [7, 11) is 0. The minimum absolute atomic E-state index is 0.0418. The molecule has 0 amide bonds. The van der Waals surface area contributed by atoms with Gasteiger partial charge in [-0.05, 0) is 81.1 Å². The van der Waals surface area contributed by atoms with Gasteiger partial charge in [-0.3, -0.25) is 0 Å². The van der Waals surface area contributed by atoms with E-state index in [-0.39, 0.29) is 42.7 Å². The maximum absolute atomic E-state index is 12.4. The van der Waals surface area contributed by atoms with Crippen molar-refractivity contribution in [2.45, 2.75) is 114 Å². The van der Waals surface area contributed by atoms with Crippen LogP contribution >= 0.6 is 0 Å². The first-order chi connectivity index (χ1) is 18.5. The highest BCUT2D eigenvalue weighted by atomic mass is 16.7. The van der Waals surface area contributed by atoms with Gasteiger partial charge >= 0.3 is 5.97 Å². The third kappa shape index (κ3) is 3.93. The van der Waals surface area contributed by atoms with Crippen molar-refractivity contribution in [3.8, 4) is 0 Å². The molecule has 0 aromatic heterocycles. The average Bonchev–Trinajstić information content (AvgIpc) is 3.45. The van der Waals surface area contributed by atoms with E-state index in [2.05, 4.69) is 6.92 Å². The molecular formula is C29H44O10. The Labute approximate surface area is 229 Å². The summed E-state index contributed by atoms with van der Waals surface area (Å²) in [6, 6.07) is 0. The number of carbonyl (C=O) groups is 1. The van der Waals surface area contributed by atoms with Crippen molar-refractivity contribution < 1.29 is 49.6 Å². The second kappa shape index (κ2) is 9.73. The number of carbonyl (C=O) groups excluding carboxylic acids is 1. The maximum atomic E-state index is 12.4. The first-order valence-electron chi connectivity index (χ1n) is 14.7. The Bertz CT molecular complexity index is 1000. The molecule has 6 N–H and O–H groups in total. The van der Waals surface area contributed by atoms with Crippen LogP contribution in [0.1, 0.15) is 65.2 Å². The molecule has 4 aliphatic carbocycles. The number of ether oxygens (including phenoxy) is 3. The summed E-state index contributed by atoms with van der Waals surface area (Å²) in [6.45, 7) is 3.86. The standard InChI is InChI=1S/C29H44O10/c1-14-23(33)24(34)25(35)26(38-14)39-17-10-16-3-4-20-19(28(16,13-30)21(31)11-17)5-7-27(2)18(6-8-29(20,27)36)15-9-22(32)37-12-15/h9,14,16-21,23-26,30-31,33-36H,3-8,10-13H2,1-2H3. The number of hydrogen-bond acceptors (Lipinski definition) is 10. The van der Waals surface area contributed by atoms with Crippen LogP contribution in [0.3, 0.4) is 0 Å². The normalized spacial score (nSPS) is 55.3. The Morgan fingerprint density at radius 1 is 1.00 bits per heavy atom. The maximum Gasteiger partial charge on any atom is 0.331 e. The van der Waals surface area contributed by atoms with Crippen LogP contribution in [0.25, 0.3) is 0 Å². The van der Waals surface area contributed by atoms with Gasteiger partial charge in [0.15, 0.2) is 6.29 Å². The van der Waals surface area contributed by atoms with Gasteiger partial charge in [0.25, 0.3) is 0 Å². The van der Waals surface area contributed by atoms with Gasteiger partial charge in [-0.2, -0.15) is 0 Å². The van der Waals surface area contributed by atoms with Crippen molar-refractivity contribution in [1.29, 1.82) is 0 Å².